The minimum Gasteiger partial charge on any atom is -0.361 e. The number of hydrogen-bond acceptors (Lipinski definition) is 6. The van der Waals surface area contributed by atoms with E-state index in [9.17, 15) is 4.79 Å². The second-order valence-electron chi connectivity index (χ2n) is 7.41. The Morgan fingerprint density at radius 1 is 1.04 bits per heavy atom. The third-order valence-corrected chi connectivity index (χ3v) is 5.57. The topological polar surface area (TPSA) is 98.4 Å². The molecule has 2 aromatic rings. The first kappa shape index (κ1) is 18.6. The molecular weight excluding hydrogens is 332 g/mol. The maximum atomic E-state index is 13.1. The fraction of sp³-hybridized carbons (Fsp3) is 0.632. The number of hydrogen-bond donors (Lipinski definition) is 1. The van der Waals surface area contributed by atoms with Crippen LogP contribution >= 0.6 is 0 Å². The molecule has 1 aliphatic carbocycles. The molecule has 1 fully saturated rings. The normalized spacial score (nSPS) is 19.9. The van der Waals surface area contributed by atoms with Crippen LogP contribution in [0.25, 0.3) is 0 Å². The Morgan fingerprint density at radius 3 is 1.96 bits per heavy atom. The molecule has 0 spiro atoms. The molecule has 0 saturated heterocycles. The number of carbonyl (C=O) groups excluding carboxylic acids is 1. The van der Waals surface area contributed by atoms with E-state index in [0.29, 0.717) is 19.5 Å². The van der Waals surface area contributed by atoms with Gasteiger partial charge in [0.15, 0.2) is 0 Å². The van der Waals surface area contributed by atoms with Crippen molar-refractivity contribution in [2.75, 3.05) is 0 Å². The summed E-state index contributed by atoms with van der Waals surface area (Å²) in [5.41, 5.74) is 9.73. The highest BCUT2D eigenvalue weighted by Crippen LogP contribution is 2.29. The molecule has 0 bridgehead atoms. The zero-order chi connectivity index (χ0) is 18.8. The van der Waals surface area contributed by atoms with Gasteiger partial charge in [0.05, 0.1) is 24.5 Å². The Labute approximate surface area is 153 Å². The van der Waals surface area contributed by atoms with Gasteiger partial charge in [0.2, 0.25) is 5.91 Å². The molecule has 1 amide bonds. The summed E-state index contributed by atoms with van der Waals surface area (Å²) in [6, 6.07) is 0.124. The van der Waals surface area contributed by atoms with Crippen molar-refractivity contribution in [3.63, 3.8) is 0 Å². The predicted octanol–water partition coefficient (Wildman–Crippen LogP) is 2.94. The molecule has 0 aromatic carbocycles. The van der Waals surface area contributed by atoms with Crippen molar-refractivity contribution in [2.24, 2.45) is 11.7 Å². The van der Waals surface area contributed by atoms with E-state index in [-0.39, 0.29) is 17.9 Å². The van der Waals surface area contributed by atoms with Crippen LogP contribution in [0.1, 0.15) is 59.7 Å². The van der Waals surface area contributed by atoms with Gasteiger partial charge in [-0.3, -0.25) is 4.79 Å². The summed E-state index contributed by atoms with van der Waals surface area (Å²) in [4.78, 5) is 15.0. The second-order valence-corrected chi connectivity index (χ2v) is 7.41. The van der Waals surface area contributed by atoms with Crippen LogP contribution in [0.15, 0.2) is 9.05 Å². The lowest BCUT2D eigenvalue weighted by molar-refractivity contribution is -0.133. The van der Waals surface area contributed by atoms with Crippen LogP contribution in [0, 0.1) is 33.6 Å². The highest BCUT2D eigenvalue weighted by atomic mass is 16.5. The summed E-state index contributed by atoms with van der Waals surface area (Å²) in [5.74, 6) is 1.86. The van der Waals surface area contributed by atoms with E-state index >= 15 is 0 Å². The van der Waals surface area contributed by atoms with E-state index in [1.54, 1.807) is 0 Å². The van der Waals surface area contributed by atoms with E-state index in [0.717, 1.165) is 53.3 Å². The largest absolute Gasteiger partial charge is 0.361 e. The SMILES string of the molecule is Cc1noc(C)c1CN(Cc1c(C)noc1C)C(=O)C[C@@H]1CCC[C@H]1N. The van der Waals surface area contributed by atoms with Gasteiger partial charge in [-0.25, -0.2) is 0 Å². The van der Waals surface area contributed by atoms with Gasteiger partial charge in [-0.05, 0) is 46.5 Å². The lowest BCUT2D eigenvalue weighted by atomic mass is 9.99. The van der Waals surface area contributed by atoms with Crippen molar-refractivity contribution >= 4 is 5.91 Å². The number of aromatic nitrogens is 2. The number of aryl methyl sites for hydroxylation is 4. The molecule has 0 unspecified atom stereocenters. The minimum atomic E-state index is 0.104. The molecule has 1 saturated carbocycles. The summed E-state index contributed by atoms with van der Waals surface area (Å²) in [6.07, 6.45) is 3.61. The highest BCUT2D eigenvalue weighted by Gasteiger charge is 2.29. The molecule has 0 aliphatic heterocycles. The Morgan fingerprint density at radius 2 is 1.58 bits per heavy atom. The van der Waals surface area contributed by atoms with Crippen molar-refractivity contribution in [1.29, 1.82) is 0 Å². The van der Waals surface area contributed by atoms with Gasteiger partial charge in [0, 0.05) is 23.6 Å². The first-order valence-electron chi connectivity index (χ1n) is 9.23. The quantitative estimate of drug-likeness (QED) is 0.850. The second kappa shape index (κ2) is 7.61. The average molecular weight is 360 g/mol. The fourth-order valence-corrected chi connectivity index (χ4v) is 3.74. The van der Waals surface area contributed by atoms with Crippen LogP contribution in [0.5, 0.6) is 0 Å². The van der Waals surface area contributed by atoms with Gasteiger partial charge in [0.1, 0.15) is 11.5 Å². The Kier molecular flexibility index (Phi) is 5.46. The molecule has 7 heteroatoms. The number of carbonyl (C=O) groups is 1. The van der Waals surface area contributed by atoms with Crippen LogP contribution in [-0.4, -0.2) is 27.2 Å². The lowest BCUT2D eigenvalue weighted by Gasteiger charge is -2.25. The Hall–Kier alpha value is -2.15. The van der Waals surface area contributed by atoms with Gasteiger partial charge in [0.25, 0.3) is 0 Å². The number of amides is 1. The maximum absolute atomic E-state index is 13.1. The van der Waals surface area contributed by atoms with Crippen LogP contribution < -0.4 is 5.73 Å². The van der Waals surface area contributed by atoms with Crippen molar-refractivity contribution in [3.8, 4) is 0 Å². The van der Waals surface area contributed by atoms with Crippen LogP contribution in [0.4, 0.5) is 0 Å². The number of nitrogens with zero attached hydrogens (tertiary/aromatic N) is 3. The first-order valence-corrected chi connectivity index (χ1v) is 9.23. The molecule has 2 heterocycles. The van der Waals surface area contributed by atoms with Crippen molar-refractivity contribution in [3.05, 3.63) is 34.0 Å². The maximum Gasteiger partial charge on any atom is 0.223 e. The third-order valence-electron chi connectivity index (χ3n) is 5.57. The van der Waals surface area contributed by atoms with E-state index in [1.807, 2.05) is 32.6 Å². The summed E-state index contributed by atoms with van der Waals surface area (Å²) in [7, 11) is 0. The zero-order valence-corrected chi connectivity index (χ0v) is 16.0. The van der Waals surface area contributed by atoms with Crippen molar-refractivity contribution < 1.29 is 13.8 Å². The van der Waals surface area contributed by atoms with E-state index in [2.05, 4.69) is 10.3 Å². The summed E-state index contributed by atoms with van der Waals surface area (Å²) in [6.45, 7) is 8.48. The van der Waals surface area contributed by atoms with E-state index in [1.165, 1.54) is 0 Å². The minimum absolute atomic E-state index is 0.104. The zero-order valence-electron chi connectivity index (χ0n) is 16.0. The van der Waals surface area contributed by atoms with Crippen LogP contribution in [0.2, 0.25) is 0 Å². The Balaban J connectivity index is 1.82. The molecule has 142 valence electrons. The lowest BCUT2D eigenvalue weighted by Crippen LogP contribution is -2.35. The fourth-order valence-electron chi connectivity index (χ4n) is 3.74. The number of nitrogens with two attached hydrogens (primary N) is 1. The van der Waals surface area contributed by atoms with Gasteiger partial charge in [-0.1, -0.05) is 16.7 Å². The van der Waals surface area contributed by atoms with Crippen molar-refractivity contribution in [2.45, 2.75) is 72.5 Å². The summed E-state index contributed by atoms with van der Waals surface area (Å²) in [5, 5.41) is 8.02. The van der Waals surface area contributed by atoms with E-state index < -0.39 is 0 Å². The summed E-state index contributed by atoms with van der Waals surface area (Å²) < 4.78 is 10.5. The summed E-state index contributed by atoms with van der Waals surface area (Å²) >= 11 is 0. The third kappa shape index (κ3) is 3.82. The molecular formula is C19H28N4O3. The predicted molar refractivity (Wildman–Crippen MR) is 96.1 cm³/mol. The molecule has 3 rings (SSSR count). The van der Waals surface area contributed by atoms with Gasteiger partial charge >= 0.3 is 0 Å². The van der Waals surface area contributed by atoms with Gasteiger partial charge in [-0.2, -0.15) is 0 Å². The monoisotopic (exact) mass is 360 g/mol. The molecule has 1 aliphatic rings. The molecule has 2 atom stereocenters. The molecule has 7 nitrogen and oxygen atoms in total. The van der Waals surface area contributed by atoms with E-state index in [4.69, 9.17) is 14.8 Å². The Bertz CT molecular complexity index is 693. The van der Waals surface area contributed by atoms with Crippen LogP contribution in [-0.2, 0) is 17.9 Å². The standard InChI is InChI=1S/C19H28N4O3/c1-11-16(13(3)25-21-11)9-23(10-17-12(2)22-26-14(17)4)19(24)8-15-6-5-7-18(15)20/h15,18H,5-10,20H2,1-4H3/t15-,18+/m0/s1. The van der Waals surface area contributed by atoms with Gasteiger partial charge < -0.3 is 19.7 Å². The molecule has 0 radical (unpaired) electrons. The molecule has 2 N–H and O–H groups in total. The van der Waals surface area contributed by atoms with Gasteiger partial charge in [-0.15, -0.1) is 0 Å². The highest BCUT2D eigenvalue weighted by molar-refractivity contribution is 5.76. The number of rotatable bonds is 6. The molecule has 26 heavy (non-hydrogen) atoms. The molecule has 2 aromatic heterocycles. The smallest absolute Gasteiger partial charge is 0.223 e. The average Bonchev–Trinajstić information content (AvgIpc) is 3.24. The van der Waals surface area contributed by atoms with Crippen molar-refractivity contribution in [1.82, 2.24) is 15.2 Å². The first-order chi connectivity index (χ1) is 12.4. The van der Waals surface area contributed by atoms with Crippen LogP contribution in [0.3, 0.4) is 0 Å².